The van der Waals surface area contributed by atoms with Gasteiger partial charge in [0.25, 0.3) is 6.43 Å². The number of nitrogens with two attached hydrogens (primary N) is 1. The molecule has 0 aliphatic carbocycles. The smallest absolute Gasteiger partial charge is 0.405 e. The highest BCUT2D eigenvalue weighted by molar-refractivity contribution is 7.90. The van der Waals surface area contributed by atoms with Crippen LogP contribution in [0.4, 0.5) is 17.6 Å². The third-order valence-corrected chi connectivity index (χ3v) is 9.02. The summed E-state index contributed by atoms with van der Waals surface area (Å²) in [5.74, 6) is -1.50. The summed E-state index contributed by atoms with van der Waals surface area (Å²) in [6.07, 6.45) is -2.43. The maximum Gasteiger partial charge on any atom is 0.405 e. The van der Waals surface area contributed by atoms with Crippen molar-refractivity contribution in [3.63, 3.8) is 0 Å². The number of benzene rings is 1. The molecule has 1 heterocycles. The summed E-state index contributed by atoms with van der Waals surface area (Å²) in [4.78, 5) is 10.5. The standard InChI is InChI=1S/C19H24F4NO7PS2/c1-4-30-32(26,31-5-2)19(22,23)16-14(17(20)21)12-9-11(18(24)25)10-13(15(12)33-16)29-7-6-8-34(3,27)28/h9-10,17H,4-8H2,1-3H3,(H2,24,25). The predicted octanol–water partition coefficient (Wildman–Crippen LogP) is 5.07. The lowest BCUT2D eigenvalue weighted by Crippen LogP contribution is -2.18. The topological polar surface area (TPSA) is 122 Å². The maximum absolute atomic E-state index is 15.4. The van der Waals surface area contributed by atoms with Crippen molar-refractivity contribution in [1.82, 2.24) is 0 Å². The number of primary amides is 1. The van der Waals surface area contributed by atoms with E-state index in [2.05, 4.69) is 0 Å². The first kappa shape index (κ1) is 28.5. The van der Waals surface area contributed by atoms with Crippen LogP contribution in [0, 0.1) is 0 Å². The highest BCUT2D eigenvalue weighted by Crippen LogP contribution is 2.69. The number of alkyl halides is 4. The Hall–Kier alpha value is -1.73. The molecule has 0 spiro atoms. The molecule has 34 heavy (non-hydrogen) atoms. The number of fused-ring (bicyclic) bond motifs is 1. The highest BCUT2D eigenvalue weighted by atomic mass is 32.2. The summed E-state index contributed by atoms with van der Waals surface area (Å²) in [5, 5.41) is -0.441. The molecule has 2 N–H and O–H groups in total. The van der Waals surface area contributed by atoms with Crippen LogP contribution < -0.4 is 10.5 Å². The summed E-state index contributed by atoms with van der Waals surface area (Å²) in [5.41, 5.74) is -0.639. The fourth-order valence-electron chi connectivity index (χ4n) is 3.04. The molecule has 2 rings (SSSR count). The second kappa shape index (κ2) is 10.9. The number of thiophene rings is 1. The minimum atomic E-state index is -5.21. The second-order valence-corrected chi connectivity index (χ2v) is 12.4. The highest BCUT2D eigenvalue weighted by Gasteiger charge is 2.58. The molecule has 15 heteroatoms. The van der Waals surface area contributed by atoms with Gasteiger partial charge in [0, 0.05) is 22.8 Å². The molecule has 0 atom stereocenters. The van der Waals surface area contributed by atoms with Crippen LogP contribution in [0.5, 0.6) is 5.75 Å². The third kappa shape index (κ3) is 6.09. The molecule has 0 aliphatic heterocycles. The number of hydrogen-bond donors (Lipinski definition) is 1. The Balaban J connectivity index is 2.73. The van der Waals surface area contributed by atoms with Crippen molar-refractivity contribution in [2.24, 2.45) is 5.73 Å². The molecule has 8 nitrogen and oxygen atoms in total. The minimum Gasteiger partial charge on any atom is -0.492 e. The summed E-state index contributed by atoms with van der Waals surface area (Å²) in [6, 6.07) is 2.01. The zero-order valence-electron chi connectivity index (χ0n) is 18.5. The Kier molecular flexibility index (Phi) is 9.14. The molecule has 0 aliphatic rings. The quantitative estimate of drug-likeness (QED) is 0.210. The summed E-state index contributed by atoms with van der Waals surface area (Å²) in [7, 11) is -8.52. The Morgan fingerprint density at radius 1 is 1.21 bits per heavy atom. The first-order chi connectivity index (χ1) is 15.7. The monoisotopic (exact) mass is 549 g/mol. The molecular weight excluding hydrogens is 525 g/mol. The Morgan fingerprint density at radius 3 is 2.26 bits per heavy atom. The van der Waals surface area contributed by atoms with E-state index in [1.54, 1.807) is 0 Å². The van der Waals surface area contributed by atoms with E-state index < -0.39 is 64.5 Å². The lowest BCUT2D eigenvalue weighted by molar-refractivity contribution is 0.0352. The van der Waals surface area contributed by atoms with Gasteiger partial charge in [0.15, 0.2) is 0 Å². The van der Waals surface area contributed by atoms with Crippen LogP contribution in [0.1, 0.15) is 47.5 Å². The molecule has 1 amide bonds. The molecule has 192 valence electrons. The van der Waals surface area contributed by atoms with Gasteiger partial charge < -0.3 is 19.5 Å². The lowest BCUT2D eigenvalue weighted by Gasteiger charge is -2.25. The zero-order chi connectivity index (χ0) is 25.9. The number of rotatable bonds is 13. The molecular formula is C19H24F4NO7PS2. The summed E-state index contributed by atoms with van der Waals surface area (Å²) >= 11 is 0.191. The minimum absolute atomic E-state index is 0.0150. The van der Waals surface area contributed by atoms with Crippen LogP contribution >= 0.6 is 18.9 Å². The van der Waals surface area contributed by atoms with Gasteiger partial charge in [0.2, 0.25) is 5.91 Å². The number of halogens is 4. The fraction of sp³-hybridized carbons (Fsp3) is 0.526. The van der Waals surface area contributed by atoms with Gasteiger partial charge in [0.1, 0.15) is 15.6 Å². The number of amides is 1. The summed E-state index contributed by atoms with van der Waals surface area (Å²) in [6.45, 7) is 1.52. The van der Waals surface area contributed by atoms with Crippen molar-refractivity contribution in [2.75, 3.05) is 31.8 Å². The van der Waals surface area contributed by atoms with Gasteiger partial charge in [-0.15, -0.1) is 11.3 Å². The molecule has 0 unspecified atom stereocenters. The van der Waals surface area contributed by atoms with Crippen molar-refractivity contribution in [3.05, 3.63) is 28.1 Å². The van der Waals surface area contributed by atoms with Gasteiger partial charge in [-0.05, 0) is 32.4 Å². The van der Waals surface area contributed by atoms with Crippen molar-refractivity contribution >= 4 is 44.8 Å². The second-order valence-electron chi connectivity index (χ2n) is 7.07. The van der Waals surface area contributed by atoms with Crippen LogP contribution in [-0.4, -0.2) is 46.2 Å². The van der Waals surface area contributed by atoms with E-state index in [1.807, 2.05) is 0 Å². The van der Waals surface area contributed by atoms with Crippen LogP contribution in [-0.2, 0) is 29.1 Å². The van der Waals surface area contributed by atoms with E-state index in [-0.39, 0.29) is 46.1 Å². The molecule has 0 saturated carbocycles. The van der Waals surface area contributed by atoms with E-state index in [9.17, 15) is 26.6 Å². The Morgan fingerprint density at radius 2 is 1.79 bits per heavy atom. The van der Waals surface area contributed by atoms with E-state index >= 15 is 8.78 Å². The molecule has 0 radical (unpaired) electrons. The van der Waals surface area contributed by atoms with Crippen LogP contribution in [0.15, 0.2) is 12.1 Å². The number of hydrogen-bond acceptors (Lipinski definition) is 8. The normalized spacial score (nSPS) is 13.1. The average Bonchev–Trinajstić information content (AvgIpc) is 3.11. The van der Waals surface area contributed by atoms with Gasteiger partial charge in [-0.2, -0.15) is 8.78 Å². The van der Waals surface area contributed by atoms with E-state index in [0.29, 0.717) is 0 Å². The van der Waals surface area contributed by atoms with Crippen molar-refractivity contribution < 1.29 is 49.1 Å². The van der Waals surface area contributed by atoms with Crippen molar-refractivity contribution in [3.8, 4) is 5.75 Å². The van der Waals surface area contributed by atoms with Gasteiger partial charge in [-0.25, -0.2) is 17.2 Å². The SMILES string of the molecule is CCOP(=O)(OCC)C(F)(F)c1sc2c(OCCCS(C)(=O)=O)cc(C(N)=O)cc2c1C(F)F. The largest absolute Gasteiger partial charge is 0.492 e. The van der Waals surface area contributed by atoms with Crippen molar-refractivity contribution in [1.29, 1.82) is 0 Å². The van der Waals surface area contributed by atoms with Gasteiger partial charge in [-0.1, -0.05) is 0 Å². The Labute approximate surface area is 197 Å². The molecule has 2 aromatic rings. The lowest BCUT2D eigenvalue weighted by atomic mass is 10.1. The Bertz CT molecular complexity index is 1190. The maximum atomic E-state index is 15.4. The molecule has 1 aromatic heterocycles. The predicted molar refractivity (Wildman–Crippen MR) is 120 cm³/mol. The first-order valence-electron chi connectivity index (χ1n) is 9.94. The molecule has 1 aromatic carbocycles. The number of carbonyl (C=O) groups is 1. The first-order valence-corrected chi connectivity index (χ1v) is 14.4. The van der Waals surface area contributed by atoms with Crippen molar-refractivity contribution in [2.45, 2.75) is 32.4 Å². The van der Waals surface area contributed by atoms with Gasteiger partial charge >= 0.3 is 13.3 Å². The summed E-state index contributed by atoms with van der Waals surface area (Å²) < 4.78 is 109. The van der Waals surface area contributed by atoms with Crippen LogP contribution in [0.2, 0.25) is 0 Å². The molecule has 0 saturated heterocycles. The van der Waals surface area contributed by atoms with E-state index in [4.69, 9.17) is 19.5 Å². The number of ether oxygens (including phenoxy) is 1. The van der Waals surface area contributed by atoms with Gasteiger partial charge in [-0.3, -0.25) is 9.36 Å². The van der Waals surface area contributed by atoms with Crippen LogP contribution in [0.3, 0.4) is 0 Å². The fourth-order valence-corrected chi connectivity index (χ4v) is 6.74. The number of sulfone groups is 1. The van der Waals surface area contributed by atoms with E-state index in [0.717, 1.165) is 18.4 Å². The van der Waals surface area contributed by atoms with E-state index in [1.165, 1.54) is 13.8 Å². The average molecular weight is 550 g/mol. The third-order valence-electron chi connectivity index (χ3n) is 4.43. The molecule has 0 fully saturated rings. The zero-order valence-corrected chi connectivity index (χ0v) is 21.0. The number of carbonyl (C=O) groups excluding carboxylic acids is 1. The van der Waals surface area contributed by atoms with Gasteiger partial charge in [0.05, 0.1) is 35.2 Å². The van der Waals surface area contributed by atoms with Crippen LogP contribution in [0.25, 0.3) is 10.1 Å². The molecule has 0 bridgehead atoms.